The number of nitrogens with one attached hydrogen (secondary N) is 1. The number of hydrogen-bond donors (Lipinski definition) is 1. The highest BCUT2D eigenvalue weighted by Gasteiger charge is 2.40. The lowest BCUT2D eigenvalue weighted by Gasteiger charge is -2.40. The molecule has 0 aromatic heterocycles. The molecule has 5 heteroatoms. The highest BCUT2D eigenvalue weighted by molar-refractivity contribution is 9.10. The Morgan fingerprint density at radius 2 is 2.22 bits per heavy atom. The molecule has 0 unspecified atom stereocenters. The molecule has 1 aromatic carbocycles. The summed E-state index contributed by atoms with van der Waals surface area (Å²) in [5.41, 5.74) is 1.03. The van der Waals surface area contributed by atoms with Crippen LogP contribution in [0.2, 0.25) is 0 Å². The minimum atomic E-state index is -0.780. The summed E-state index contributed by atoms with van der Waals surface area (Å²) in [4.78, 5) is 0. The van der Waals surface area contributed by atoms with Crippen molar-refractivity contribution < 1.29 is 8.60 Å². The first-order chi connectivity index (χ1) is 8.53. The summed E-state index contributed by atoms with van der Waals surface area (Å²) in [6, 6.07) is 5.00. The molecule has 1 saturated carbocycles. The minimum Gasteiger partial charge on any atom is -0.311 e. The number of benzene rings is 1. The second-order valence-electron chi connectivity index (χ2n) is 4.84. The molecule has 0 spiro atoms. The summed E-state index contributed by atoms with van der Waals surface area (Å²) in [5, 5.41) is 3.34. The van der Waals surface area contributed by atoms with Gasteiger partial charge in [0.2, 0.25) is 0 Å². The van der Waals surface area contributed by atoms with E-state index in [4.69, 9.17) is 0 Å². The third-order valence-corrected chi connectivity index (χ3v) is 6.01. The molecule has 1 aliphatic carbocycles. The van der Waals surface area contributed by atoms with Crippen molar-refractivity contribution in [3.63, 3.8) is 0 Å². The van der Waals surface area contributed by atoms with E-state index in [1.54, 1.807) is 18.4 Å². The largest absolute Gasteiger partial charge is 0.311 e. The van der Waals surface area contributed by atoms with E-state index in [0.717, 1.165) is 24.9 Å². The Kier molecular flexibility index (Phi) is 4.56. The van der Waals surface area contributed by atoms with Crippen LogP contribution in [-0.2, 0) is 17.3 Å². The predicted molar refractivity (Wildman–Crippen MR) is 76.5 cm³/mol. The molecule has 100 valence electrons. The SMILES string of the molecule is C[S@@](=O)C1(CNCc2ccc(F)c(Br)c2)CCC1. The molecule has 0 bridgehead atoms. The van der Waals surface area contributed by atoms with Crippen LogP contribution >= 0.6 is 15.9 Å². The molecule has 0 heterocycles. The predicted octanol–water partition coefficient (Wildman–Crippen LogP) is 2.98. The zero-order valence-electron chi connectivity index (χ0n) is 10.3. The lowest BCUT2D eigenvalue weighted by Crippen LogP contribution is -2.49. The average molecular weight is 334 g/mol. The van der Waals surface area contributed by atoms with Gasteiger partial charge in [0.25, 0.3) is 0 Å². The van der Waals surface area contributed by atoms with Crippen molar-refractivity contribution in [3.8, 4) is 0 Å². The van der Waals surface area contributed by atoms with Gasteiger partial charge in [0.1, 0.15) is 5.82 Å². The molecule has 1 N–H and O–H groups in total. The monoisotopic (exact) mass is 333 g/mol. The fraction of sp³-hybridized carbons (Fsp3) is 0.538. The van der Waals surface area contributed by atoms with Gasteiger partial charge in [-0.05, 0) is 46.5 Å². The molecule has 1 atom stereocenters. The summed E-state index contributed by atoms with van der Waals surface area (Å²) in [5.74, 6) is -0.246. The maximum Gasteiger partial charge on any atom is 0.137 e. The Labute approximate surface area is 118 Å². The van der Waals surface area contributed by atoms with E-state index in [-0.39, 0.29) is 10.6 Å². The van der Waals surface area contributed by atoms with Crippen molar-refractivity contribution in [2.45, 2.75) is 30.6 Å². The van der Waals surface area contributed by atoms with Crippen LogP contribution in [0.15, 0.2) is 22.7 Å². The van der Waals surface area contributed by atoms with Gasteiger partial charge in [0.05, 0.1) is 9.22 Å². The summed E-state index contributed by atoms with van der Waals surface area (Å²) in [6.45, 7) is 1.45. The van der Waals surface area contributed by atoms with E-state index in [0.29, 0.717) is 11.0 Å². The maximum absolute atomic E-state index is 13.1. The van der Waals surface area contributed by atoms with Gasteiger partial charge >= 0.3 is 0 Å². The first-order valence-electron chi connectivity index (χ1n) is 6.02. The molecule has 0 amide bonds. The Morgan fingerprint density at radius 3 is 2.72 bits per heavy atom. The van der Waals surface area contributed by atoms with Gasteiger partial charge in [0.15, 0.2) is 0 Å². The fourth-order valence-electron chi connectivity index (χ4n) is 2.22. The van der Waals surface area contributed by atoms with Crippen molar-refractivity contribution in [1.29, 1.82) is 0 Å². The molecule has 1 fully saturated rings. The molecule has 1 aliphatic rings. The van der Waals surface area contributed by atoms with Gasteiger partial charge in [-0.2, -0.15) is 0 Å². The first kappa shape index (κ1) is 14.2. The van der Waals surface area contributed by atoms with Crippen LogP contribution in [-0.4, -0.2) is 21.8 Å². The van der Waals surface area contributed by atoms with Crippen LogP contribution in [0.1, 0.15) is 24.8 Å². The molecule has 0 saturated heterocycles. The van der Waals surface area contributed by atoms with E-state index < -0.39 is 10.8 Å². The first-order valence-corrected chi connectivity index (χ1v) is 8.37. The summed E-state index contributed by atoms with van der Waals surface area (Å²) in [7, 11) is -0.780. The van der Waals surface area contributed by atoms with Crippen LogP contribution in [0.5, 0.6) is 0 Å². The highest BCUT2D eigenvalue weighted by Crippen LogP contribution is 2.36. The van der Waals surface area contributed by atoms with Gasteiger partial charge < -0.3 is 5.32 Å². The van der Waals surface area contributed by atoms with Crippen LogP contribution in [0.3, 0.4) is 0 Å². The molecule has 0 aliphatic heterocycles. The topological polar surface area (TPSA) is 29.1 Å². The van der Waals surface area contributed by atoms with Crippen molar-refractivity contribution in [1.82, 2.24) is 5.32 Å². The second kappa shape index (κ2) is 5.80. The summed E-state index contributed by atoms with van der Waals surface area (Å²) in [6.07, 6.45) is 5.03. The van der Waals surface area contributed by atoms with E-state index in [1.165, 1.54) is 12.5 Å². The molecule has 2 rings (SSSR count). The second-order valence-corrected chi connectivity index (χ2v) is 7.47. The molecule has 1 aromatic rings. The Morgan fingerprint density at radius 1 is 1.50 bits per heavy atom. The molecular weight excluding hydrogens is 317 g/mol. The lowest BCUT2D eigenvalue weighted by atomic mass is 9.84. The van der Waals surface area contributed by atoms with E-state index in [1.807, 2.05) is 0 Å². The van der Waals surface area contributed by atoms with Gasteiger partial charge in [0, 0.05) is 30.1 Å². The smallest absolute Gasteiger partial charge is 0.137 e. The molecular formula is C13H17BrFNOS. The zero-order valence-corrected chi connectivity index (χ0v) is 12.7. The Hall–Kier alpha value is -0.260. The van der Waals surface area contributed by atoms with E-state index >= 15 is 0 Å². The average Bonchev–Trinajstić information content (AvgIpc) is 2.26. The Bertz CT molecular complexity index is 462. The van der Waals surface area contributed by atoms with Crippen LogP contribution in [0.25, 0.3) is 0 Å². The minimum absolute atomic E-state index is 0.0305. The van der Waals surface area contributed by atoms with Gasteiger partial charge in [-0.3, -0.25) is 4.21 Å². The van der Waals surface area contributed by atoms with Crippen molar-refractivity contribution in [2.75, 3.05) is 12.8 Å². The fourth-order valence-corrected chi connectivity index (χ4v) is 3.82. The molecule has 0 radical (unpaired) electrons. The van der Waals surface area contributed by atoms with Crippen molar-refractivity contribution in [3.05, 3.63) is 34.1 Å². The number of halogens is 2. The highest BCUT2D eigenvalue weighted by atomic mass is 79.9. The quantitative estimate of drug-likeness (QED) is 0.897. The molecule has 2 nitrogen and oxygen atoms in total. The van der Waals surface area contributed by atoms with Crippen molar-refractivity contribution >= 4 is 26.7 Å². The third-order valence-electron chi connectivity index (χ3n) is 3.63. The third kappa shape index (κ3) is 3.00. The van der Waals surface area contributed by atoms with Crippen molar-refractivity contribution in [2.24, 2.45) is 0 Å². The van der Waals surface area contributed by atoms with Gasteiger partial charge in [-0.1, -0.05) is 12.5 Å². The summed E-state index contributed by atoms with van der Waals surface area (Å²) >= 11 is 3.17. The van der Waals surface area contributed by atoms with Crippen LogP contribution < -0.4 is 5.32 Å². The van der Waals surface area contributed by atoms with Crippen LogP contribution in [0, 0.1) is 5.82 Å². The lowest BCUT2D eigenvalue weighted by molar-refractivity contribution is 0.335. The molecule has 18 heavy (non-hydrogen) atoms. The standard InChI is InChI=1S/C13H17BrFNOS/c1-18(17)13(5-2-6-13)9-16-8-10-3-4-12(15)11(14)7-10/h3-4,7,16H,2,5-6,8-9H2,1H3/t18-/m1/s1. The van der Waals surface area contributed by atoms with E-state index in [2.05, 4.69) is 21.2 Å². The van der Waals surface area contributed by atoms with E-state index in [9.17, 15) is 8.60 Å². The number of rotatable bonds is 5. The number of hydrogen-bond acceptors (Lipinski definition) is 2. The van der Waals surface area contributed by atoms with Gasteiger partial charge in [-0.15, -0.1) is 0 Å². The summed E-state index contributed by atoms with van der Waals surface area (Å²) < 4.78 is 25.2. The van der Waals surface area contributed by atoms with Crippen LogP contribution in [0.4, 0.5) is 4.39 Å². The maximum atomic E-state index is 13.1. The zero-order chi connectivity index (χ0) is 13.2. The van der Waals surface area contributed by atoms with Gasteiger partial charge in [-0.25, -0.2) is 4.39 Å². The normalized spacial score (nSPS) is 19.3. The Balaban J connectivity index is 1.88.